The zero-order valence-corrected chi connectivity index (χ0v) is 17.7. The molecule has 0 bridgehead atoms. The molecule has 136 valence electrons. The van der Waals surface area contributed by atoms with Gasteiger partial charge in [-0.3, -0.25) is 4.99 Å². The summed E-state index contributed by atoms with van der Waals surface area (Å²) in [6.45, 7) is 7.61. The molecule has 2 rings (SSSR count). The predicted octanol–water partition coefficient (Wildman–Crippen LogP) is 2.79. The van der Waals surface area contributed by atoms with Gasteiger partial charge in [-0.05, 0) is 49.9 Å². The molecule has 0 amide bonds. The van der Waals surface area contributed by atoms with Gasteiger partial charge in [0.25, 0.3) is 0 Å². The molecule has 0 radical (unpaired) electrons. The maximum absolute atomic E-state index is 5.79. The van der Waals surface area contributed by atoms with Gasteiger partial charge in [-0.2, -0.15) is 0 Å². The van der Waals surface area contributed by atoms with Crippen LogP contribution in [0.25, 0.3) is 0 Å². The first-order chi connectivity index (χ1) is 11.2. The SMILES string of the molecule is CN=C(NCCc1ccc(Cl)nc1)NCCN1CCC(C)CC1.I. The molecule has 0 atom stereocenters. The number of piperidine rings is 1. The number of rotatable bonds is 6. The standard InChI is InChI=1S/C17H28ClN5.HI/c1-14-6-10-23(11-7-14)12-9-21-17(19-2)20-8-5-15-3-4-16(18)22-13-15;/h3-4,13-14H,5-12H2,1-2H3,(H2,19,20,21);1H. The first-order valence-corrected chi connectivity index (χ1v) is 8.82. The van der Waals surface area contributed by atoms with Crippen LogP contribution in [0, 0.1) is 5.92 Å². The van der Waals surface area contributed by atoms with Crippen LogP contribution < -0.4 is 10.6 Å². The number of likely N-dealkylation sites (tertiary alicyclic amines) is 1. The van der Waals surface area contributed by atoms with Crippen LogP contribution in [-0.2, 0) is 6.42 Å². The molecule has 1 fully saturated rings. The number of aliphatic imine (C=N–C) groups is 1. The molecule has 5 nitrogen and oxygen atoms in total. The minimum Gasteiger partial charge on any atom is -0.356 e. The summed E-state index contributed by atoms with van der Waals surface area (Å²) >= 11 is 5.79. The molecular formula is C17H29ClIN5. The summed E-state index contributed by atoms with van der Waals surface area (Å²) in [6, 6.07) is 3.83. The van der Waals surface area contributed by atoms with Crippen LogP contribution in [0.3, 0.4) is 0 Å². The van der Waals surface area contributed by atoms with E-state index in [0.717, 1.165) is 37.9 Å². The number of nitrogens with one attached hydrogen (secondary N) is 2. The number of pyridine rings is 1. The second kappa shape index (κ2) is 11.9. The molecule has 0 saturated carbocycles. The topological polar surface area (TPSA) is 52.6 Å². The molecule has 2 heterocycles. The van der Waals surface area contributed by atoms with Crippen LogP contribution in [0.2, 0.25) is 5.15 Å². The summed E-state index contributed by atoms with van der Waals surface area (Å²) in [7, 11) is 1.81. The number of aromatic nitrogens is 1. The third-order valence-electron chi connectivity index (χ3n) is 4.32. The average molecular weight is 466 g/mol. The fraction of sp³-hybridized carbons (Fsp3) is 0.647. The fourth-order valence-corrected chi connectivity index (χ4v) is 2.83. The molecule has 1 aromatic rings. The van der Waals surface area contributed by atoms with Crippen LogP contribution in [0.15, 0.2) is 23.3 Å². The minimum absolute atomic E-state index is 0. The Bertz CT molecular complexity index is 486. The van der Waals surface area contributed by atoms with Crippen molar-refractivity contribution in [3.8, 4) is 0 Å². The molecule has 0 aromatic carbocycles. The van der Waals surface area contributed by atoms with Crippen molar-refractivity contribution in [2.45, 2.75) is 26.2 Å². The van der Waals surface area contributed by atoms with Gasteiger partial charge in [-0.25, -0.2) is 4.98 Å². The van der Waals surface area contributed by atoms with Crippen molar-refractivity contribution < 1.29 is 0 Å². The van der Waals surface area contributed by atoms with E-state index < -0.39 is 0 Å². The summed E-state index contributed by atoms with van der Waals surface area (Å²) < 4.78 is 0. The van der Waals surface area contributed by atoms with E-state index in [-0.39, 0.29) is 24.0 Å². The largest absolute Gasteiger partial charge is 0.356 e. The van der Waals surface area contributed by atoms with Gasteiger partial charge in [-0.1, -0.05) is 24.6 Å². The highest BCUT2D eigenvalue weighted by Crippen LogP contribution is 2.15. The molecule has 1 aliphatic rings. The summed E-state index contributed by atoms with van der Waals surface area (Å²) in [5.74, 6) is 1.74. The van der Waals surface area contributed by atoms with Crippen LogP contribution in [0.1, 0.15) is 25.3 Å². The van der Waals surface area contributed by atoms with E-state index >= 15 is 0 Å². The molecule has 7 heteroatoms. The van der Waals surface area contributed by atoms with Gasteiger partial charge in [0, 0.05) is 32.9 Å². The highest BCUT2D eigenvalue weighted by Gasteiger charge is 2.14. The van der Waals surface area contributed by atoms with E-state index in [2.05, 4.69) is 32.4 Å². The van der Waals surface area contributed by atoms with Gasteiger partial charge in [-0.15, -0.1) is 24.0 Å². The fourth-order valence-electron chi connectivity index (χ4n) is 2.72. The quantitative estimate of drug-likeness (QED) is 0.294. The Balaban J connectivity index is 0.00000288. The number of halogens is 2. The van der Waals surface area contributed by atoms with Crippen LogP contribution in [0.5, 0.6) is 0 Å². The van der Waals surface area contributed by atoms with E-state index in [1.807, 2.05) is 25.4 Å². The molecule has 0 aliphatic carbocycles. The third-order valence-corrected chi connectivity index (χ3v) is 4.54. The van der Waals surface area contributed by atoms with Crippen molar-refractivity contribution in [2.24, 2.45) is 10.9 Å². The van der Waals surface area contributed by atoms with Crippen molar-refractivity contribution in [3.05, 3.63) is 29.0 Å². The molecule has 1 aromatic heterocycles. The minimum atomic E-state index is 0. The molecule has 1 aliphatic heterocycles. The molecule has 0 unspecified atom stereocenters. The zero-order valence-electron chi connectivity index (χ0n) is 14.6. The van der Waals surface area contributed by atoms with Crippen molar-refractivity contribution in [1.82, 2.24) is 20.5 Å². The molecule has 1 saturated heterocycles. The smallest absolute Gasteiger partial charge is 0.191 e. The van der Waals surface area contributed by atoms with E-state index in [4.69, 9.17) is 11.6 Å². The predicted molar refractivity (Wildman–Crippen MR) is 113 cm³/mol. The highest BCUT2D eigenvalue weighted by molar-refractivity contribution is 14.0. The van der Waals surface area contributed by atoms with Crippen molar-refractivity contribution in [1.29, 1.82) is 0 Å². The van der Waals surface area contributed by atoms with Gasteiger partial charge in [0.1, 0.15) is 5.15 Å². The number of hydrogen-bond acceptors (Lipinski definition) is 3. The van der Waals surface area contributed by atoms with Gasteiger partial charge in [0.2, 0.25) is 0 Å². The summed E-state index contributed by atoms with van der Waals surface area (Å²) in [5, 5.41) is 7.25. The lowest BCUT2D eigenvalue weighted by Gasteiger charge is -2.30. The van der Waals surface area contributed by atoms with E-state index in [0.29, 0.717) is 5.15 Å². The van der Waals surface area contributed by atoms with Crippen LogP contribution in [-0.4, -0.2) is 55.6 Å². The summed E-state index contributed by atoms with van der Waals surface area (Å²) in [5.41, 5.74) is 1.17. The van der Waals surface area contributed by atoms with Gasteiger partial charge in [0.15, 0.2) is 5.96 Å². The number of hydrogen-bond donors (Lipinski definition) is 2. The Kier molecular flexibility index (Phi) is 10.6. The Hall–Kier alpha value is -0.600. The van der Waals surface area contributed by atoms with Gasteiger partial charge in [0.05, 0.1) is 0 Å². The van der Waals surface area contributed by atoms with Gasteiger partial charge < -0.3 is 15.5 Å². The van der Waals surface area contributed by atoms with Crippen molar-refractivity contribution in [3.63, 3.8) is 0 Å². The third kappa shape index (κ3) is 7.98. The summed E-state index contributed by atoms with van der Waals surface area (Å²) in [6.07, 6.45) is 5.36. The molecule has 0 spiro atoms. The Labute approximate surface area is 167 Å². The lowest BCUT2D eigenvalue weighted by atomic mass is 9.99. The lowest BCUT2D eigenvalue weighted by molar-refractivity contribution is 0.195. The zero-order chi connectivity index (χ0) is 16.5. The van der Waals surface area contributed by atoms with Crippen LogP contribution in [0.4, 0.5) is 0 Å². The first-order valence-electron chi connectivity index (χ1n) is 8.44. The Morgan fingerprint density at radius 2 is 2.00 bits per heavy atom. The molecule has 24 heavy (non-hydrogen) atoms. The van der Waals surface area contributed by atoms with E-state index in [9.17, 15) is 0 Å². The lowest BCUT2D eigenvalue weighted by Crippen LogP contribution is -2.43. The van der Waals surface area contributed by atoms with E-state index in [1.54, 1.807) is 0 Å². The van der Waals surface area contributed by atoms with Crippen molar-refractivity contribution >= 4 is 41.5 Å². The van der Waals surface area contributed by atoms with Crippen LogP contribution >= 0.6 is 35.6 Å². The second-order valence-corrected chi connectivity index (χ2v) is 6.58. The maximum Gasteiger partial charge on any atom is 0.191 e. The van der Waals surface area contributed by atoms with Gasteiger partial charge >= 0.3 is 0 Å². The van der Waals surface area contributed by atoms with E-state index in [1.165, 1.54) is 31.5 Å². The Morgan fingerprint density at radius 3 is 2.62 bits per heavy atom. The highest BCUT2D eigenvalue weighted by atomic mass is 127. The van der Waals surface area contributed by atoms with Crippen molar-refractivity contribution in [2.75, 3.05) is 39.8 Å². The molecule has 2 N–H and O–H groups in total. The average Bonchev–Trinajstić information content (AvgIpc) is 2.57. The first kappa shape index (κ1) is 21.4. The number of guanidine groups is 1. The second-order valence-electron chi connectivity index (χ2n) is 6.19. The maximum atomic E-state index is 5.79. The molecular weight excluding hydrogens is 437 g/mol. The summed E-state index contributed by atoms with van der Waals surface area (Å²) in [4.78, 5) is 10.9. The number of nitrogens with zero attached hydrogens (tertiary/aromatic N) is 3. The monoisotopic (exact) mass is 465 g/mol. The Morgan fingerprint density at radius 1 is 1.29 bits per heavy atom. The normalized spacial score (nSPS) is 16.5.